The van der Waals surface area contributed by atoms with Gasteiger partial charge in [-0.05, 0) is 36.8 Å². The zero-order chi connectivity index (χ0) is 18.0. The molecule has 0 aromatic heterocycles. The van der Waals surface area contributed by atoms with Gasteiger partial charge in [0.15, 0.2) is 11.5 Å². The van der Waals surface area contributed by atoms with Crippen LogP contribution >= 0.6 is 0 Å². The maximum Gasteiger partial charge on any atom is 0.246 e. The number of phenolic OH excluding ortho intramolecular Hbond substituents is 2. The van der Waals surface area contributed by atoms with E-state index in [-0.39, 0.29) is 27.9 Å². The lowest BCUT2D eigenvalue weighted by Crippen LogP contribution is -2.46. The lowest BCUT2D eigenvalue weighted by atomic mass is 10.2. The van der Waals surface area contributed by atoms with Crippen molar-refractivity contribution >= 4 is 10.0 Å². The minimum Gasteiger partial charge on any atom is -0.504 e. The minimum absolute atomic E-state index is 0.0852. The molecule has 134 valence electrons. The summed E-state index contributed by atoms with van der Waals surface area (Å²) < 4.78 is 33.1. The number of hydrogen-bond donors (Lipinski definition) is 3. The van der Waals surface area contributed by atoms with E-state index in [0.29, 0.717) is 26.2 Å². The molecule has 2 aromatic rings. The zero-order valence-corrected chi connectivity index (χ0v) is 14.6. The summed E-state index contributed by atoms with van der Waals surface area (Å²) in [5, 5.41) is 22.1. The number of ether oxygens (including phenoxy) is 1. The van der Waals surface area contributed by atoms with E-state index in [2.05, 4.69) is 5.32 Å². The van der Waals surface area contributed by atoms with Crippen molar-refractivity contribution < 1.29 is 23.4 Å². The summed E-state index contributed by atoms with van der Waals surface area (Å²) in [6.45, 7) is 3.82. The molecule has 0 unspecified atom stereocenters. The molecule has 0 bridgehead atoms. The lowest BCUT2D eigenvalue weighted by molar-refractivity contribution is 0.357. The van der Waals surface area contributed by atoms with E-state index in [4.69, 9.17) is 4.74 Å². The maximum atomic E-state index is 13.0. The highest BCUT2D eigenvalue weighted by molar-refractivity contribution is 7.89. The van der Waals surface area contributed by atoms with E-state index in [0.717, 1.165) is 5.56 Å². The van der Waals surface area contributed by atoms with Crippen LogP contribution in [0.5, 0.6) is 23.0 Å². The van der Waals surface area contributed by atoms with Crippen LogP contribution in [0.25, 0.3) is 0 Å². The van der Waals surface area contributed by atoms with Gasteiger partial charge < -0.3 is 20.3 Å². The SMILES string of the molecule is Cc1ccc(Oc2ccc(O)c(O)c2)c(S(=O)(=O)N2CCNCC2)c1. The summed E-state index contributed by atoms with van der Waals surface area (Å²) in [5.74, 6) is -0.203. The van der Waals surface area contributed by atoms with Gasteiger partial charge in [-0.15, -0.1) is 0 Å². The minimum atomic E-state index is -3.70. The van der Waals surface area contributed by atoms with Gasteiger partial charge in [-0.1, -0.05) is 6.07 Å². The van der Waals surface area contributed by atoms with E-state index in [1.807, 2.05) is 6.92 Å². The number of phenols is 2. The van der Waals surface area contributed by atoms with E-state index in [9.17, 15) is 18.6 Å². The van der Waals surface area contributed by atoms with Crippen molar-refractivity contribution in [2.75, 3.05) is 26.2 Å². The predicted octanol–water partition coefficient (Wildman–Crippen LogP) is 1.79. The van der Waals surface area contributed by atoms with Crippen molar-refractivity contribution in [3.63, 3.8) is 0 Å². The van der Waals surface area contributed by atoms with E-state index < -0.39 is 10.0 Å². The highest BCUT2D eigenvalue weighted by Crippen LogP contribution is 2.35. The summed E-state index contributed by atoms with van der Waals surface area (Å²) in [7, 11) is -3.70. The van der Waals surface area contributed by atoms with E-state index in [1.165, 1.54) is 22.5 Å². The van der Waals surface area contributed by atoms with Crippen LogP contribution in [-0.2, 0) is 10.0 Å². The van der Waals surface area contributed by atoms with Crippen LogP contribution in [-0.4, -0.2) is 49.1 Å². The highest BCUT2D eigenvalue weighted by Gasteiger charge is 2.29. The second-order valence-electron chi connectivity index (χ2n) is 5.86. The Hall–Kier alpha value is -2.29. The smallest absolute Gasteiger partial charge is 0.246 e. The van der Waals surface area contributed by atoms with Crippen LogP contribution in [0.15, 0.2) is 41.3 Å². The van der Waals surface area contributed by atoms with Gasteiger partial charge in [-0.25, -0.2) is 8.42 Å². The summed E-state index contributed by atoms with van der Waals surface area (Å²) in [4.78, 5) is 0.0852. The zero-order valence-electron chi connectivity index (χ0n) is 13.8. The molecule has 7 nitrogen and oxygen atoms in total. The first-order chi connectivity index (χ1) is 11.9. The third-order valence-electron chi connectivity index (χ3n) is 3.97. The van der Waals surface area contributed by atoms with Crippen LogP contribution in [0.4, 0.5) is 0 Å². The molecule has 3 rings (SSSR count). The molecule has 1 aliphatic heterocycles. The standard InChI is InChI=1S/C17H20N2O5S/c1-12-2-5-16(24-13-3-4-14(20)15(21)11-13)17(10-12)25(22,23)19-8-6-18-7-9-19/h2-5,10-11,18,20-21H,6-9H2,1H3. The molecular weight excluding hydrogens is 344 g/mol. The molecule has 1 saturated heterocycles. The molecule has 3 N–H and O–H groups in total. The topological polar surface area (TPSA) is 99.1 Å². The van der Waals surface area contributed by atoms with Crippen molar-refractivity contribution in [3.8, 4) is 23.0 Å². The van der Waals surface area contributed by atoms with Gasteiger partial charge in [-0.2, -0.15) is 4.31 Å². The Bertz CT molecular complexity index is 877. The fourth-order valence-electron chi connectivity index (χ4n) is 2.62. The normalized spacial score (nSPS) is 15.9. The number of piperazine rings is 1. The Morgan fingerprint density at radius 2 is 1.76 bits per heavy atom. The number of aryl methyl sites for hydroxylation is 1. The second kappa shape index (κ2) is 6.91. The summed E-state index contributed by atoms with van der Waals surface area (Å²) in [6.07, 6.45) is 0. The van der Waals surface area contributed by atoms with Crippen molar-refractivity contribution in [2.45, 2.75) is 11.8 Å². The molecule has 0 saturated carbocycles. The third kappa shape index (κ3) is 3.71. The van der Waals surface area contributed by atoms with Crippen molar-refractivity contribution in [2.24, 2.45) is 0 Å². The molecule has 0 spiro atoms. The summed E-state index contributed by atoms with van der Waals surface area (Å²) in [5.41, 5.74) is 0.801. The first kappa shape index (κ1) is 17.5. The van der Waals surface area contributed by atoms with Crippen molar-refractivity contribution in [1.29, 1.82) is 0 Å². The van der Waals surface area contributed by atoms with Crippen molar-refractivity contribution in [1.82, 2.24) is 9.62 Å². The molecule has 0 radical (unpaired) electrons. The molecule has 0 atom stereocenters. The molecule has 0 amide bonds. The van der Waals surface area contributed by atoms with Gasteiger partial charge >= 0.3 is 0 Å². The van der Waals surface area contributed by atoms with Gasteiger partial charge in [-0.3, -0.25) is 0 Å². The number of benzene rings is 2. The first-order valence-corrected chi connectivity index (χ1v) is 9.33. The molecule has 0 aliphatic carbocycles. The number of nitrogens with one attached hydrogen (secondary N) is 1. The van der Waals surface area contributed by atoms with Crippen LogP contribution in [0.2, 0.25) is 0 Å². The number of hydrogen-bond acceptors (Lipinski definition) is 6. The van der Waals surface area contributed by atoms with Gasteiger partial charge in [0.1, 0.15) is 16.4 Å². The highest BCUT2D eigenvalue weighted by atomic mass is 32.2. The van der Waals surface area contributed by atoms with E-state index >= 15 is 0 Å². The molecule has 8 heteroatoms. The van der Waals surface area contributed by atoms with Gasteiger partial charge in [0.2, 0.25) is 10.0 Å². The monoisotopic (exact) mass is 364 g/mol. The maximum absolute atomic E-state index is 13.0. The molecule has 1 aliphatic rings. The van der Waals surface area contributed by atoms with Crippen LogP contribution < -0.4 is 10.1 Å². The average molecular weight is 364 g/mol. The molecular formula is C17H20N2O5S. The Kier molecular flexibility index (Phi) is 4.85. The van der Waals surface area contributed by atoms with Crippen molar-refractivity contribution in [3.05, 3.63) is 42.0 Å². The third-order valence-corrected chi connectivity index (χ3v) is 5.89. The fraction of sp³-hybridized carbons (Fsp3) is 0.294. The van der Waals surface area contributed by atoms with Crippen LogP contribution in [0.1, 0.15) is 5.56 Å². The molecule has 1 fully saturated rings. The lowest BCUT2D eigenvalue weighted by Gasteiger charge is -2.27. The van der Waals surface area contributed by atoms with Crippen LogP contribution in [0.3, 0.4) is 0 Å². The molecule has 2 aromatic carbocycles. The Labute approximate surface area is 146 Å². The quantitative estimate of drug-likeness (QED) is 0.716. The first-order valence-electron chi connectivity index (χ1n) is 7.89. The largest absolute Gasteiger partial charge is 0.504 e. The predicted molar refractivity (Wildman–Crippen MR) is 92.7 cm³/mol. The number of aromatic hydroxyl groups is 2. The summed E-state index contributed by atoms with van der Waals surface area (Å²) >= 11 is 0. The number of sulfonamides is 1. The number of nitrogens with zero attached hydrogens (tertiary/aromatic N) is 1. The molecule has 1 heterocycles. The fourth-order valence-corrected chi connectivity index (χ4v) is 4.26. The summed E-state index contributed by atoms with van der Waals surface area (Å²) in [6, 6.07) is 8.89. The van der Waals surface area contributed by atoms with Crippen LogP contribution in [0, 0.1) is 6.92 Å². The second-order valence-corrected chi connectivity index (χ2v) is 7.76. The van der Waals surface area contributed by atoms with Gasteiger partial charge in [0.05, 0.1) is 0 Å². The van der Waals surface area contributed by atoms with E-state index in [1.54, 1.807) is 18.2 Å². The Morgan fingerprint density at radius 3 is 2.44 bits per heavy atom. The average Bonchev–Trinajstić information content (AvgIpc) is 2.60. The van der Waals surface area contributed by atoms with Gasteiger partial charge in [0.25, 0.3) is 0 Å². The Balaban J connectivity index is 1.99. The number of rotatable bonds is 4. The Morgan fingerprint density at radius 1 is 1.04 bits per heavy atom. The van der Waals surface area contributed by atoms with Gasteiger partial charge in [0, 0.05) is 32.2 Å². The molecule has 25 heavy (non-hydrogen) atoms.